The van der Waals surface area contributed by atoms with Crippen LogP contribution in [0.5, 0.6) is 11.5 Å². The summed E-state index contributed by atoms with van der Waals surface area (Å²) in [5.41, 5.74) is 9.52. The predicted molar refractivity (Wildman–Crippen MR) is 104 cm³/mol. The summed E-state index contributed by atoms with van der Waals surface area (Å²) in [5.74, 6) is 1.17. The number of nitrogens with zero attached hydrogens (tertiary/aromatic N) is 1. The third kappa shape index (κ3) is 3.01. The molecule has 3 aromatic rings. The van der Waals surface area contributed by atoms with Gasteiger partial charge in [-0.1, -0.05) is 31.2 Å². The molecule has 0 saturated carbocycles. The summed E-state index contributed by atoms with van der Waals surface area (Å²) in [6, 6.07) is 13.5. The molecule has 0 aliphatic carbocycles. The highest BCUT2D eigenvalue weighted by molar-refractivity contribution is 6.01. The maximum Gasteiger partial charge on any atom is 0.234 e. The number of benzene rings is 2. The van der Waals surface area contributed by atoms with E-state index >= 15 is 0 Å². The number of nitrogens with two attached hydrogens (primary N) is 1. The zero-order valence-corrected chi connectivity index (χ0v) is 15.6. The van der Waals surface area contributed by atoms with Gasteiger partial charge in [-0.05, 0) is 37.1 Å². The average Bonchev–Trinajstić information content (AvgIpc) is 2.92. The van der Waals surface area contributed by atoms with Crippen LogP contribution in [0.1, 0.15) is 23.0 Å². The summed E-state index contributed by atoms with van der Waals surface area (Å²) >= 11 is 0. The van der Waals surface area contributed by atoms with Crippen molar-refractivity contribution >= 4 is 22.5 Å². The van der Waals surface area contributed by atoms with E-state index in [1.807, 2.05) is 56.3 Å². The zero-order valence-electron chi connectivity index (χ0n) is 15.6. The first kappa shape index (κ1) is 17.9. The zero-order chi connectivity index (χ0) is 18.8. The van der Waals surface area contributed by atoms with Gasteiger partial charge in [-0.2, -0.15) is 0 Å². The van der Waals surface area contributed by atoms with E-state index in [1.54, 1.807) is 18.8 Å². The molecule has 26 heavy (non-hydrogen) atoms. The van der Waals surface area contributed by atoms with Crippen molar-refractivity contribution < 1.29 is 14.3 Å². The molecule has 0 amide bonds. The minimum Gasteiger partial charge on any atom is -0.493 e. The van der Waals surface area contributed by atoms with E-state index in [0.717, 1.165) is 22.2 Å². The molecule has 2 aromatic carbocycles. The van der Waals surface area contributed by atoms with Crippen molar-refractivity contribution in [2.24, 2.45) is 5.92 Å². The molecule has 0 aliphatic heterocycles. The molecule has 2 N–H and O–H groups in total. The topological polar surface area (TPSA) is 66.5 Å². The molecule has 5 heteroatoms. The Morgan fingerprint density at radius 3 is 2.50 bits per heavy atom. The number of aromatic nitrogens is 1. The average molecular weight is 352 g/mol. The van der Waals surface area contributed by atoms with Crippen molar-refractivity contribution in [3.63, 3.8) is 0 Å². The van der Waals surface area contributed by atoms with E-state index in [0.29, 0.717) is 23.6 Å². The molecule has 136 valence electrons. The molecule has 0 fully saturated rings. The summed E-state index contributed by atoms with van der Waals surface area (Å²) in [4.78, 5) is 13.1. The van der Waals surface area contributed by atoms with Gasteiger partial charge in [0, 0.05) is 17.0 Å². The molecule has 3 rings (SSSR count). The number of para-hydroxylation sites is 1. The number of hydrogen-bond acceptors (Lipinski definition) is 4. The normalized spacial score (nSPS) is 12.2. The highest BCUT2D eigenvalue weighted by atomic mass is 16.5. The molecule has 1 heterocycles. The van der Waals surface area contributed by atoms with Crippen LogP contribution in [-0.4, -0.2) is 24.7 Å². The highest BCUT2D eigenvalue weighted by Gasteiger charge is 2.22. The second-order valence-electron chi connectivity index (χ2n) is 6.48. The standard InChI is InChI=1S/C21H24N2O3/c1-13(11-15-9-10-18(25-3)19(12-15)26-4)21(24)23-14(2)20(22)16-7-5-6-8-17(16)23/h5-10,12-13H,11,22H2,1-4H3. The fraction of sp³-hybridized carbons (Fsp3) is 0.286. The number of hydrogen-bond donors (Lipinski definition) is 1. The Balaban J connectivity index is 1.91. The largest absolute Gasteiger partial charge is 0.493 e. The third-order valence-corrected chi connectivity index (χ3v) is 4.79. The highest BCUT2D eigenvalue weighted by Crippen LogP contribution is 2.31. The number of carbonyl (C=O) groups excluding carboxylic acids is 1. The Labute approximate surface area is 153 Å². The minimum absolute atomic E-state index is 0.0326. The fourth-order valence-electron chi connectivity index (χ4n) is 3.35. The molecule has 1 atom stereocenters. The van der Waals surface area contributed by atoms with Crippen molar-refractivity contribution in [3.8, 4) is 11.5 Å². The Hall–Kier alpha value is -2.95. The van der Waals surface area contributed by atoms with Gasteiger partial charge in [0.2, 0.25) is 5.91 Å². The van der Waals surface area contributed by atoms with Crippen LogP contribution in [0.4, 0.5) is 5.69 Å². The smallest absolute Gasteiger partial charge is 0.234 e. The molecule has 0 spiro atoms. The van der Waals surface area contributed by atoms with Gasteiger partial charge < -0.3 is 15.2 Å². The van der Waals surface area contributed by atoms with E-state index in [-0.39, 0.29) is 11.8 Å². The molecule has 0 aliphatic rings. The van der Waals surface area contributed by atoms with Crippen LogP contribution in [-0.2, 0) is 6.42 Å². The SMILES string of the molecule is COc1ccc(CC(C)C(=O)n2c(C)c(N)c3ccccc32)cc1OC. The first-order valence-electron chi connectivity index (χ1n) is 8.58. The number of rotatable bonds is 5. The first-order chi connectivity index (χ1) is 12.5. The Morgan fingerprint density at radius 1 is 1.12 bits per heavy atom. The van der Waals surface area contributed by atoms with E-state index in [4.69, 9.17) is 15.2 Å². The van der Waals surface area contributed by atoms with Gasteiger partial charge in [0.1, 0.15) is 0 Å². The van der Waals surface area contributed by atoms with Crippen molar-refractivity contribution in [1.29, 1.82) is 0 Å². The third-order valence-electron chi connectivity index (χ3n) is 4.79. The number of anilines is 1. The molecule has 5 nitrogen and oxygen atoms in total. The molecule has 1 aromatic heterocycles. The van der Waals surface area contributed by atoms with Crippen LogP contribution >= 0.6 is 0 Å². The predicted octanol–water partition coefficient (Wildman–Crippen LogP) is 4.07. The second-order valence-corrected chi connectivity index (χ2v) is 6.48. The molecular formula is C21H24N2O3. The van der Waals surface area contributed by atoms with E-state index in [1.165, 1.54) is 0 Å². The Bertz CT molecular complexity index is 959. The molecule has 1 unspecified atom stereocenters. The lowest BCUT2D eigenvalue weighted by atomic mass is 9.99. The first-order valence-corrected chi connectivity index (χ1v) is 8.58. The van der Waals surface area contributed by atoms with Crippen molar-refractivity contribution in [1.82, 2.24) is 4.57 Å². The molecular weight excluding hydrogens is 328 g/mol. The summed E-state index contributed by atoms with van der Waals surface area (Å²) in [7, 11) is 3.21. The lowest BCUT2D eigenvalue weighted by molar-refractivity contribution is 0.0848. The molecule has 0 bridgehead atoms. The number of nitrogen functional groups attached to an aromatic ring is 1. The van der Waals surface area contributed by atoms with E-state index in [2.05, 4.69) is 0 Å². The quantitative estimate of drug-likeness (QED) is 0.752. The van der Waals surface area contributed by atoms with Crippen LogP contribution in [0.3, 0.4) is 0 Å². The Morgan fingerprint density at radius 2 is 1.81 bits per heavy atom. The molecule has 0 saturated heterocycles. The van der Waals surface area contributed by atoms with Gasteiger partial charge in [0.15, 0.2) is 11.5 Å². The molecule has 0 radical (unpaired) electrons. The lowest BCUT2D eigenvalue weighted by Crippen LogP contribution is -2.22. The summed E-state index contributed by atoms with van der Waals surface area (Å²) in [6.07, 6.45) is 0.602. The van der Waals surface area contributed by atoms with Crippen molar-refractivity contribution in [2.75, 3.05) is 20.0 Å². The van der Waals surface area contributed by atoms with Crippen LogP contribution < -0.4 is 15.2 Å². The van der Waals surface area contributed by atoms with Gasteiger partial charge in [-0.25, -0.2) is 0 Å². The van der Waals surface area contributed by atoms with E-state index in [9.17, 15) is 4.79 Å². The number of ether oxygens (including phenoxy) is 2. The van der Waals surface area contributed by atoms with Crippen LogP contribution in [0.25, 0.3) is 10.9 Å². The maximum atomic E-state index is 13.1. The van der Waals surface area contributed by atoms with Gasteiger partial charge in [0.05, 0.1) is 25.4 Å². The second kappa shape index (κ2) is 7.12. The summed E-state index contributed by atoms with van der Waals surface area (Å²) in [6.45, 7) is 3.82. The van der Waals surface area contributed by atoms with Crippen LogP contribution in [0, 0.1) is 12.8 Å². The van der Waals surface area contributed by atoms with Crippen LogP contribution in [0.15, 0.2) is 42.5 Å². The minimum atomic E-state index is -0.206. The summed E-state index contributed by atoms with van der Waals surface area (Å²) < 4.78 is 12.4. The number of fused-ring (bicyclic) bond motifs is 1. The number of methoxy groups -OCH3 is 2. The van der Waals surface area contributed by atoms with Gasteiger partial charge in [-0.3, -0.25) is 9.36 Å². The van der Waals surface area contributed by atoms with Crippen molar-refractivity contribution in [3.05, 3.63) is 53.7 Å². The maximum absolute atomic E-state index is 13.1. The van der Waals surface area contributed by atoms with Gasteiger partial charge in [-0.15, -0.1) is 0 Å². The fourth-order valence-corrected chi connectivity index (χ4v) is 3.35. The number of carbonyl (C=O) groups is 1. The van der Waals surface area contributed by atoms with E-state index < -0.39 is 0 Å². The van der Waals surface area contributed by atoms with Gasteiger partial charge >= 0.3 is 0 Å². The lowest BCUT2D eigenvalue weighted by Gasteiger charge is -2.15. The Kier molecular flexibility index (Phi) is 4.89. The van der Waals surface area contributed by atoms with Gasteiger partial charge in [0.25, 0.3) is 0 Å². The monoisotopic (exact) mass is 352 g/mol. The van der Waals surface area contributed by atoms with Crippen LogP contribution in [0.2, 0.25) is 0 Å². The van der Waals surface area contributed by atoms with Crippen molar-refractivity contribution in [2.45, 2.75) is 20.3 Å². The summed E-state index contributed by atoms with van der Waals surface area (Å²) in [5, 5.41) is 0.914.